The Hall–Kier alpha value is -1.72. The van der Waals surface area contributed by atoms with Gasteiger partial charge in [0.25, 0.3) is 0 Å². The Morgan fingerprint density at radius 1 is 1.42 bits per heavy atom. The van der Waals surface area contributed by atoms with Gasteiger partial charge < -0.3 is 15.2 Å². The molecule has 1 atom stereocenters. The lowest BCUT2D eigenvalue weighted by molar-refractivity contribution is -0.138. The quantitative estimate of drug-likeness (QED) is 0.840. The smallest absolute Gasteiger partial charge is 0.353 e. The van der Waals surface area contributed by atoms with Crippen LogP contribution < -0.4 is 5.32 Å². The van der Waals surface area contributed by atoms with Gasteiger partial charge in [-0.25, -0.2) is 9.59 Å². The zero-order valence-electron chi connectivity index (χ0n) is 9.74. The maximum absolute atomic E-state index is 11.2. The molecule has 19 heavy (non-hydrogen) atoms. The fourth-order valence-corrected chi connectivity index (χ4v) is 1.89. The van der Waals surface area contributed by atoms with Crippen molar-refractivity contribution in [1.82, 2.24) is 0 Å². The summed E-state index contributed by atoms with van der Waals surface area (Å²) in [5.41, 5.74) is 1.40. The molecule has 0 saturated carbocycles. The van der Waals surface area contributed by atoms with E-state index in [9.17, 15) is 9.59 Å². The summed E-state index contributed by atoms with van der Waals surface area (Å²) in [5.74, 6) is -1.76. The minimum Gasteiger partial charge on any atom is -0.478 e. The Morgan fingerprint density at radius 3 is 2.63 bits per heavy atom. The van der Waals surface area contributed by atoms with Crippen LogP contribution in [0.4, 0.5) is 5.69 Å². The van der Waals surface area contributed by atoms with E-state index in [0.29, 0.717) is 5.69 Å². The Labute approximate surface area is 118 Å². The molecule has 1 aromatic rings. The molecule has 0 aromatic heterocycles. The number of cyclic esters (lactones) is 1. The number of esters is 1. The zero-order chi connectivity index (χ0) is 14.2. The van der Waals surface area contributed by atoms with Crippen molar-refractivity contribution in [1.29, 1.82) is 0 Å². The van der Waals surface area contributed by atoms with Crippen molar-refractivity contribution in [2.24, 2.45) is 0 Å². The molecule has 100 valence electrons. The van der Waals surface area contributed by atoms with Crippen LogP contribution in [0.3, 0.4) is 0 Å². The van der Waals surface area contributed by atoms with Crippen LogP contribution >= 0.6 is 23.2 Å². The maximum atomic E-state index is 11.2. The van der Waals surface area contributed by atoms with Gasteiger partial charge in [0.15, 0.2) is 0 Å². The van der Waals surface area contributed by atoms with E-state index in [1.54, 1.807) is 13.0 Å². The summed E-state index contributed by atoms with van der Waals surface area (Å²) in [6.07, 6.45) is -0.899. The van der Waals surface area contributed by atoms with Crippen LogP contribution in [0.15, 0.2) is 28.3 Å². The topological polar surface area (TPSA) is 75.6 Å². The molecule has 0 saturated heterocycles. The molecule has 5 nitrogen and oxygen atoms in total. The molecule has 0 aliphatic carbocycles. The van der Waals surface area contributed by atoms with E-state index < -0.39 is 18.2 Å². The highest BCUT2D eigenvalue weighted by atomic mass is 35.5. The number of anilines is 1. The molecule has 0 amide bonds. The van der Waals surface area contributed by atoms with E-state index in [1.165, 1.54) is 12.1 Å². The van der Waals surface area contributed by atoms with Gasteiger partial charge >= 0.3 is 11.9 Å². The fraction of sp³-hybridized carbons (Fsp3) is 0.167. The average molecular weight is 302 g/mol. The molecule has 2 N–H and O–H groups in total. The number of aromatic carboxylic acids is 1. The number of benzene rings is 1. The van der Waals surface area contributed by atoms with Gasteiger partial charge in [-0.1, -0.05) is 29.3 Å². The molecule has 0 bridgehead atoms. The fourth-order valence-electron chi connectivity index (χ4n) is 1.57. The zero-order valence-corrected chi connectivity index (χ0v) is 11.2. The van der Waals surface area contributed by atoms with E-state index in [4.69, 9.17) is 33.0 Å². The predicted octanol–water partition coefficient (Wildman–Crippen LogP) is 2.68. The molecule has 0 fully saturated rings. The van der Waals surface area contributed by atoms with Gasteiger partial charge in [0.05, 0.1) is 5.56 Å². The summed E-state index contributed by atoms with van der Waals surface area (Å²) < 4.78 is 4.91. The number of carbonyl (C=O) groups excluding carboxylic acids is 1. The maximum Gasteiger partial charge on any atom is 0.353 e. The number of hydrogen-bond acceptors (Lipinski definition) is 4. The van der Waals surface area contributed by atoms with Crippen LogP contribution in [0.5, 0.6) is 0 Å². The number of ether oxygens (including phenoxy) is 1. The van der Waals surface area contributed by atoms with E-state index in [1.807, 2.05) is 0 Å². The summed E-state index contributed by atoms with van der Waals surface area (Å²) in [7, 11) is 0. The molecular weight excluding hydrogens is 293 g/mol. The van der Waals surface area contributed by atoms with Gasteiger partial charge in [-0.3, -0.25) is 0 Å². The molecule has 1 aliphatic rings. The monoisotopic (exact) mass is 301 g/mol. The van der Waals surface area contributed by atoms with Crippen LogP contribution in [-0.2, 0) is 9.53 Å². The van der Waals surface area contributed by atoms with Crippen molar-refractivity contribution in [2.75, 3.05) is 5.32 Å². The van der Waals surface area contributed by atoms with Gasteiger partial charge in [0.1, 0.15) is 10.1 Å². The van der Waals surface area contributed by atoms with Crippen LogP contribution in [0.25, 0.3) is 0 Å². The van der Waals surface area contributed by atoms with Crippen molar-refractivity contribution in [2.45, 2.75) is 13.2 Å². The molecule has 1 heterocycles. The Balaban J connectivity index is 2.27. The van der Waals surface area contributed by atoms with Crippen LogP contribution in [-0.4, -0.2) is 23.3 Å². The molecule has 0 radical (unpaired) electrons. The molecule has 7 heteroatoms. The second kappa shape index (κ2) is 5.11. The Bertz CT molecular complexity index is 597. The third kappa shape index (κ3) is 2.67. The second-order valence-electron chi connectivity index (χ2n) is 3.93. The minimum absolute atomic E-state index is 0.0480. The summed E-state index contributed by atoms with van der Waals surface area (Å²) in [6.45, 7) is 1.78. The first-order valence-electron chi connectivity index (χ1n) is 5.27. The number of halogens is 2. The number of carbonyl (C=O) groups is 2. The van der Waals surface area contributed by atoms with E-state index in [0.717, 1.165) is 5.56 Å². The minimum atomic E-state index is -1.05. The summed E-state index contributed by atoms with van der Waals surface area (Å²) >= 11 is 11.5. The standard InChI is InChI=1S/C12H9Cl2NO4/c1-5-2-3-6(11(16)17)4-7(5)15-10-8(13)9(14)12(18)19-10/h2-4,10,15H,1H3,(H,16,17)/t10-/m0/s1. The molecule has 0 unspecified atom stereocenters. The van der Waals surface area contributed by atoms with Gasteiger partial charge in [-0.15, -0.1) is 0 Å². The number of nitrogens with one attached hydrogen (secondary N) is 1. The molecule has 1 aliphatic heterocycles. The van der Waals surface area contributed by atoms with Crippen molar-refractivity contribution in [3.05, 3.63) is 39.4 Å². The summed E-state index contributed by atoms with van der Waals surface area (Å²) in [5, 5.41) is 11.6. The van der Waals surface area contributed by atoms with Crippen molar-refractivity contribution < 1.29 is 19.4 Å². The number of aryl methyl sites for hydroxylation is 1. The lowest BCUT2D eigenvalue weighted by atomic mass is 10.1. The number of carboxylic acid groups (broad SMARTS) is 1. The highest BCUT2D eigenvalue weighted by Crippen LogP contribution is 2.30. The summed E-state index contributed by atoms with van der Waals surface area (Å²) in [4.78, 5) is 22.1. The second-order valence-corrected chi connectivity index (χ2v) is 4.71. The average Bonchev–Trinajstić information content (AvgIpc) is 2.59. The Morgan fingerprint density at radius 2 is 2.11 bits per heavy atom. The third-order valence-electron chi connectivity index (χ3n) is 2.62. The third-order valence-corrected chi connectivity index (χ3v) is 3.46. The Kier molecular flexibility index (Phi) is 3.68. The lowest BCUT2D eigenvalue weighted by Gasteiger charge is -2.16. The van der Waals surface area contributed by atoms with E-state index in [2.05, 4.69) is 5.32 Å². The molecule has 0 spiro atoms. The molecule has 1 aromatic carbocycles. The predicted molar refractivity (Wildman–Crippen MR) is 70.4 cm³/mol. The highest BCUT2D eigenvalue weighted by Gasteiger charge is 2.32. The first-order valence-corrected chi connectivity index (χ1v) is 6.02. The van der Waals surface area contributed by atoms with Gasteiger partial charge in [-0.2, -0.15) is 0 Å². The van der Waals surface area contributed by atoms with Crippen molar-refractivity contribution in [3.63, 3.8) is 0 Å². The normalized spacial score (nSPS) is 18.5. The highest BCUT2D eigenvalue weighted by molar-refractivity contribution is 6.48. The molecule has 2 rings (SSSR count). The van der Waals surface area contributed by atoms with Crippen molar-refractivity contribution in [3.8, 4) is 0 Å². The first-order chi connectivity index (χ1) is 8.90. The molecular formula is C12H9Cl2NO4. The first kappa shape index (κ1) is 13.7. The van der Waals surface area contributed by atoms with Gasteiger partial charge in [0, 0.05) is 5.69 Å². The van der Waals surface area contributed by atoms with Crippen LogP contribution in [0.2, 0.25) is 0 Å². The number of hydrogen-bond donors (Lipinski definition) is 2. The SMILES string of the molecule is Cc1ccc(C(=O)O)cc1N[C@H]1OC(=O)C(Cl)=C1Cl. The summed E-state index contributed by atoms with van der Waals surface area (Å²) in [6, 6.07) is 4.55. The van der Waals surface area contributed by atoms with Gasteiger partial charge in [0.2, 0.25) is 6.23 Å². The largest absolute Gasteiger partial charge is 0.478 e. The number of carboxylic acids is 1. The van der Waals surface area contributed by atoms with Gasteiger partial charge in [-0.05, 0) is 24.6 Å². The number of rotatable bonds is 3. The van der Waals surface area contributed by atoms with E-state index >= 15 is 0 Å². The van der Waals surface area contributed by atoms with Crippen LogP contribution in [0, 0.1) is 6.92 Å². The van der Waals surface area contributed by atoms with Crippen LogP contribution in [0.1, 0.15) is 15.9 Å². The lowest BCUT2D eigenvalue weighted by Crippen LogP contribution is -2.21. The van der Waals surface area contributed by atoms with Crippen molar-refractivity contribution >= 4 is 40.8 Å². The van der Waals surface area contributed by atoms with E-state index in [-0.39, 0.29) is 15.6 Å².